The smallest absolute Gasteiger partial charge is 0.236 e. The average Bonchev–Trinajstić information content (AvgIpc) is 2.71. The number of methoxy groups -OCH3 is 1. The van der Waals surface area contributed by atoms with E-state index in [1.165, 1.54) is 0 Å². The van der Waals surface area contributed by atoms with Crippen LogP contribution >= 0.6 is 0 Å². The van der Waals surface area contributed by atoms with E-state index in [4.69, 9.17) is 16.2 Å². The summed E-state index contributed by atoms with van der Waals surface area (Å²) >= 11 is 0. The first-order valence-electron chi connectivity index (χ1n) is 10.4. The summed E-state index contributed by atoms with van der Waals surface area (Å²) in [6, 6.07) is 5.77. The number of rotatable bonds is 12. The first-order valence-corrected chi connectivity index (χ1v) is 10.4. The molecule has 0 aliphatic heterocycles. The van der Waals surface area contributed by atoms with Gasteiger partial charge in [-0.1, -0.05) is 6.42 Å². The van der Waals surface area contributed by atoms with E-state index in [2.05, 4.69) is 29.5 Å². The third kappa shape index (κ3) is 6.87. The molecule has 7 heteroatoms. The number of nitrogens with zero attached hydrogens (tertiary/aromatic N) is 1. The molecule has 2 aromatic rings. The van der Waals surface area contributed by atoms with Crippen molar-refractivity contribution in [2.75, 3.05) is 25.5 Å². The Balaban J connectivity index is 1.85. The predicted octanol–water partition coefficient (Wildman–Crippen LogP) is 2.70. The molecule has 0 radical (unpaired) electrons. The largest absolute Gasteiger partial charge is 0.497 e. The van der Waals surface area contributed by atoms with Crippen LogP contribution < -0.4 is 26.8 Å². The van der Waals surface area contributed by atoms with Crippen molar-refractivity contribution in [2.24, 2.45) is 11.5 Å². The predicted molar refractivity (Wildman–Crippen MR) is 119 cm³/mol. The topological polar surface area (TPSA) is 115 Å². The number of nitrogens with one attached hydrogen (secondary N) is 2. The minimum Gasteiger partial charge on any atom is -0.497 e. The molecule has 0 fully saturated rings. The van der Waals surface area contributed by atoms with E-state index in [1.54, 1.807) is 7.11 Å². The van der Waals surface area contributed by atoms with Gasteiger partial charge < -0.3 is 26.8 Å². The van der Waals surface area contributed by atoms with Crippen LogP contribution in [0.4, 0.5) is 5.69 Å². The Morgan fingerprint density at radius 2 is 2.03 bits per heavy atom. The van der Waals surface area contributed by atoms with Crippen LogP contribution in [0.1, 0.15) is 44.6 Å². The first-order chi connectivity index (χ1) is 14.0. The average molecular weight is 402 g/mol. The molecule has 7 nitrogen and oxygen atoms in total. The highest BCUT2D eigenvalue weighted by molar-refractivity contribution is 5.94. The van der Waals surface area contributed by atoms with Gasteiger partial charge in [-0.25, -0.2) is 0 Å². The summed E-state index contributed by atoms with van der Waals surface area (Å²) in [7, 11) is 1.67. The number of nitrogens with two attached hydrogens (primary N) is 2. The molecule has 0 spiro atoms. The first kappa shape index (κ1) is 22.9. The number of hydrogen-bond donors (Lipinski definition) is 4. The zero-order chi connectivity index (χ0) is 21.2. The molecule has 0 aliphatic rings. The van der Waals surface area contributed by atoms with E-state index in [1.807, 2.05) is 24.4 Å². The van der Waals surface area contributed by atoms with E-state index in [0.717, 1.165) is 53.6 Å². The van der Waals surface area contributed by atoms with Gasteiger partial charge in [-0.15, -0.1) is 0 Å². The van der Waals surface area contributed by atoms with Crippen molar-refractivity contribution in [1.82, 2.24) is 10.3 Å². The minimum absolute atomic E-state index is 0.0823. The molecule has 2 atom stereocenters. The monoisotopic (exact) mass is 401 g/mol. The number of amides is 1. The number of carbonyl (C=O) groups is 1. The van der Waals surface area contributed by atoms with Crippen LogP contribution in [0.3, 0.4) is 0 Å². The van der Waals surface area contributed by atoms with Crippen LogP contribution in [0.2, 0.25) is 0 Å². The summed E-state index contributed by atoms with van der Waals surface area (Å²) in [5.74, 6) is 0.722. The summed E-state index contributed by atoms with van der Waals surface area (Å²) in [5.41, 5.74) is 14.4. The second-order valence-corrected chi connectivity index (χ2v) is 7.57. The molecule has 0 saturated carbocycles. The standard InChI is InChI=1S/C22H35N5O2/c1-15-9-12-25-21-18(15)13-17(29-3)14-20(21)27-16(2)7-6-11-26-22(28)19(24)8-4-5-10-23/h9,12-14,16,19,27H,4-8,10-11,23-24H2,1-3H3,(H,26,28)/t16?,19-/m0/s1. The maximum atomic E-state index is 12.0. The van der Waals surface area contributed by atoms with Gasteiger partial charge in [-0.05, 0) is 63.8 Å². The highest BCUT2D eigenvalue weighted by atomic mass is 16.5. The van der Waals surface area contributed by atoms with E-state index < -0.39 is 6.04 Å². The summed E-state index contributed by atoms with van der Waals surface area (Å²) in [6.07, 6.45) is 6.06. The molecule has 160 valence electrons. The van der Waals surface area contributed by atoms with Crippen LogP contribution in [-0.2, 0) is 4.79 Å². The third-order valence-corrected chi connectivity index (χ3v) is 5.09. The molecule has 0 bridgehead atoms. The molecule has 1 aromatic heterocycles. The molecule has 0 aliphatic carbocycles. The van der Waals surface area contributed by atoms with Gasteiger partial charge in [0.15, 0.2) is 0 Å². The van der Waals surface area contributed by atoms with Gasteiger partial charge in [-0.3, -0.25) is 9.78 Å². The molecular formula is C22H35N5O2. The lowest BCUT2D eigenvalue weighted by molar-refractivity contribution is -0.122. The van der Waals surface area contributed by atoms with Crippen molar-refractivity contribution in [3.05, 3.63) is 30.0 Å². The van der Waals surface area contributed by atoms with E-state index in [0.29, 0.717) is 19.5 Å². The molecule has 6 N–H and O–H groups in total. The van der Waals surface area contributed by atoms with Crippen LogP contribution in [0.15, 0.2) is 24.4 Å². The molecule has 29 heavy (non-hydrogen) atoms. The molecule has 1 amide bonds. The van der Waals surface area contributed by atoms with Crippen molar-refractivity contribution in [3.8, 4) is 5.75 Å². The molecule has 2 rings (SSSR count). The number of hydrogen-bond acceptors (Lipinski definition) is 6. The van der Waals surface area contributed by atoms with Gasteiger partial charge >= 0.3 is 0 Å². The molecule has 1 aromatic carbocycles. The van der Waals surface area contributed by atoms with Crippen LogP contribution in [-0.4, -0.2) is 43.2 Å². The third-order valence-electron chi connectivity index (χ3n) is 5.09. The zero-order valence-corrected chi connectivity index (χ0v) is 17.8. The van der Waals surface area contributed by atoms with Crippen LogP contribution in [0, 0.1) is 6.92 Å². The zero-order valence-electron chi connectivity index (χ0n) is 17.8. The molecule has 1 heterocycles. The van der Waals surface area contributed by atoms with Gasteiger partial charge in [0.2, 0.25) is 5.91 Å². The van der Waals surface area contributed by atoms with Crippen molar-refractivity contribution < 1.29 is 9.53 Å². The Morgan fingerprint density at radius 3 is 2.76 bits per heavy atom. The maximum Gasteiger partial charge on any atom is 0.236 e. The number of aromatic nitrogens is 1. The van der Waals surface area contributed by atoms with E-state index in [-0.39, 0.29) is 11.9 Å². The quantitative estimate of drug-likeness (QED) is 0.407. The summed E-state index contributed by atoms with van der Waals surface area (Å²) in [6.45, 7) is 5.45. The fourth-order valence-corrected chi connectivity index (χ4v) is 3.32. The Morgan fingerprint density at radius 1 is 1.24 bits per heavy atom. The SMILES string of the molecule is COc1cc(NC(C)CCCNC(=O)[C@@H](N)CCCCN)c2nccc(C)c2c1. The van der Waals surface area contributed by atoms with Crippen LogP contribution in [0.5, 0.6) is 5.75 Å². The maximum absolute atomic E-state index is 12.0. The van der Waals surface area contributed by atoms with Crippen molar-refractivity contribution in [2.45, 2.75) is 58.0 Å². The molecule has 0 saturated heterocycles. The van der Waals surface area contributed by atoms with Crippen molar-refractivity contribution >= 4 is 22.5 Å². The second-order valence-electron chi connectivity index (χ2n) is 7.57. The lowest BCUT2D eigenvalue weighted by Crippen LogP contribution is -2.41. The number of pyridine rings is 1. The molecular weight excluding hydrogens is 366 g/mol. The number of anilines is 1. The second kappa shape index (κ2) is 11.6. The number of ether oxygens (including phenoxy) is 1. The number of fused-ring (bicyclic) bond motifs is 1. The summed E-state index contributed by atoms with van der Waals surface area (Å²) < 4.78 is 5.45. The van der Waals surface area contributed by atoms with Crippen molar-refractivity contribution in [1.29, 1.82) is 0 Å². The fourth-order valence-electron chi connectivity index (χ4n) is 3.32. The lowest BCUT2D eigenvalue weighted by atomic mass is 10.1. The summed E-state index contributed by atoms with van der Waals surface area (Å²) in [4.78, 5) is 16.6. The molecule has 1 unspecified atom stereocenters. The minimum atomic E-state index is -0.449. The number of carbonyl (C=O) groups excluding carboxylic acids is 1. The van der Waals surface area contributed by atoms with Gasteiger partial charge in [0, 0.05) is 30.2 Å². The summed E-state index contributed by atoms with van der Waals surface area (Å²) in [5, 5.41) is 7.55. The Hall–Kier alpha value is -2.38. The number of unbranched alkanes of at least 4 members (excludes halogenated alkanes) is 1. The number of aryl methyl sites for hydroxylation is 1. The highest BCUT2D eigenvalue weighted by Gasteiger charge is 2.13. The van der Waals surface area contributed by atoms with E-state index >= 15 is 0 Å². The normalized spacial score (nSPS) is 13.1. The Labute approximate surface area is 173 Å². The van der Waals surface area contributed by atoms with E-state index in [9.17, 15) is 4.79 Å². The Kier molecular flexibility index (Phi) is 9.15. The number of benzene rings is 1. The highest BCUT2D eigenvalue weighted by Crippen LogP contribution is 2.30. The van der Waals surface area contributed by atoms with Gasteiger partial charge in [0.05, 0.1) is 24.4 Å². The fraction of sp³-hybridized carbons (Fsp3) is 0.545. The van der Waals surface area contributed by atoms with Crippen molar-refractivity contribution in [3.63, 3.8) is 0 Å². The lowest BCUT2D eigenvalue weighted by Gasteiger charge is -2.18. The van der Waals surface area contributed by atoms with Crippen LogP contribution in [0.25, 0.3) is 10.9 Å². The van der Waals surface area contributed by atoms with Gasteiger partial charge in [0.25, 0.3) is 0 Å². The van der Waals surface area contributed by atoms with Gasteiger partial charge in [-0.2, -0.15) is 0 Å². The Bertz CT molecular complexity index is 796. The van der Waals surface area contributed by atoms with Gasteiger partial charge in [0.1, 0.15) is 5.75 Å².